The average Bonchev–Trinajstić information content (AvgIpc) is 2.30. The van der Waals surface area contributed by atoms with Crippen molar-refractivity contribution in [2.75, 3.05) is 0 Å². The van der Waals surface area contributed by atoms with Crippen LogP contribution in [0.3, 0.4) is 0 Å². The fourth-order valence-corrected chi connectivity index (χ4v) is 1.12. The Morgan fingerprint density at radius 2 is 1.73 bits per heavy atom. The van der Waals surface area contributed by atoms with Gasteiger partial charge < -0.3 is 0 Å². The zero-order chi connectivity index (χ0) is 10.5. The molecular weight excluding hydrogens is 186 g/mol. The minimum atomic E-state index is 0.629. The number of rotatable bonds is 2. The van der Waals surface area contributed by atoms with Crippen molar-refractivity contribution in [1.82, 2.24) is 4.98 Å². The third kappa shape index (κ3) is 2.71. The Morgan fingerprint density at radius 1 is 0.933 bits per heavy atom. The Kier molecular flexibility index (Phi) is 2.83. The first-order chi connectivity index (χ1) is 7.34. The van der Waals surface area contributed by atoms with Crippen molar-refractivity contribution < 1.29 is 0 Å². The normalized spacial score (nSPS) is 10.7. The lowest BCUT2D eigenvalue weighted by Crippen LogP contribution is -1.74. The second kappa shape index (κ2) is 4.46. The standard InChI is InChI=1S/C12H11N3/c1-10-7-8-12(13-9-10)15-14-11-5-3-2-4-6-11/h2-9H,1H3/b15-14+. The molecule has 15 heavy (non-hydrogen) atoms. The average molecular weight is 197 g/mol. The second-order valence-corrected chi connectivity index (χ2v) is 3.23. The maximum Gasteiger partial charge on any atom is 0.174 e. The number of pyridine rings is 1. The van der Waals surface area contributed by atoms with E-state index >= 15 is 0 Å². The van der Waals surface area contributed by atoms with Crippen LogP contribution in [0.15, 0.2) is 58.9 Å². The Labute approximate surface area is 88.5 Å². The van der Waals surface area contributed by atoms with Gasteiger partial charge in [-0.3, -0.25) is 0 Å². The molecule has 2 aromatic rings. The molecule has 2 rings (SSSR count). The molecule has 0 aliphatic carbocycles. The van der Waals surface area contributed by atoms with Crippen LogP contribution in [0.4, 0.5) is 11.5 Å². The van der Waals surface area contributed by atoms with Gasteiger partial charge in [-0.1, -0.05) is 24.3 Å². The summed E-state index contributed by atoms with van der Waals surface area (Å²) in [4.78, 5) is 4.13. The summed E-state index contributed by atoms with van der Waals surface area (Å²) in [5.74, 6) is 0.629. The maximum absolute atomic E-state index is 4.13. The minimum Gasteiger partial charge on any atom is -0.235 e. The first-order valence-corrected chi connectivity index (χ1v) is 4.74. The van der Waals surface area contributed by atoms with E-state index in [9.17, 15) is 0 Å². The Balaban J connectivity index is 2.15. The van der Waals surface area contributed by atoms with E-state index in [0.29, 0.717) is 5.82 Å². The molecule has 0 spiro atoms. The van der Waals surface area contributed by atoms with Gasteiger partial charge in [0.2, 0.25) is 0 Å². The van der Waals surface area contributed by atoms with Crippen LogP contribution in [0.25, 0.3) is 0 Å². The summed E-state index contributed by atoms with van der Waals surface area (Å²) in [6.45, 7) is 1.99. The van der Waals surface area contributed by atoms with Crippen LogP contribution in [-0.4, -0.2) is 4.98 Å². The van der Waals surface area contributed by atoms with E-state index in [-0.39, 0.29) is 0 Å². The van der Waals surface area contributed by atoms with Crippen molar-refractivity contribution in [3.8, 4) is 0 Å². The highest BCUT2D eigenvalue weighted by atomic mass is 15.1. The van der Waals surface area contributed by atoms with E-state index in [2.05, 4.69) is 15.2 Å². The highest BCUT2D eigenvalue weighted by Gasteiger charge is 1.90. The molecule has 0 unspecified atom stereocenters. The van der Waals surface area contributed by atoms with Gasteiger partial charge in [0.05, 0.1) is 5.69 Å². The van der Waals surface area contributed by atoms with Gasteiger partial charge in [-0.2, -0.15) is 0 Å². The van der Waals surface area contributed by atoms with Crippen LogP contribution in [0.2, 0.25) is 0 Å². The van der Waals surface area contributed by atoms with Crippen molar-refractivity contribution in [3.05, 3.63) is 54.2 Å². The summed E-state index contributed by atoms with van der Waals surface area (Å²) < 4.78 is 0. The van der Waals surface area contributed by atoms with Crippen LogP contribution in [-0.2, 0) is 0 Å². The van der Waals surface area contributed by atoms with E-state index in [1.807, 2.05) is 49.4 Å². The summed E-state index contributed by atoms with van der Waals surface area (Å²) in [6.07, 6.45) is 1.78. The first kappa shape index (κ1) is 9.52. The number of azo groups is 1. The molecule has 0 atom stereocenters. The van der Waals surface area contributed by atoms with Crippen LogP contribution >= 0.6 is 0 Å². The van der Waals surface area contributed by atoms with Crippen LogP contribution in [0.1, 0.15) is 5.56 Å². The molecule has 0 radical (unpaired) electrons. The Morgan fingerprint density at radius 3 is 2.40 bits per heavy atom. The van der Waals surface area contributed by atoms with Crippen molar-refractivity contribution in [1.29, 1.82) is 0 Å². The van der Waals surface area contributed by atoms with Crippen molar-refractivity contribution in [2.24, 2.45) is 10.2 Å². The van der Waals surface area contributed by atoms with Gasteiger partial charge in [0.25, 0.3) is 0 Å². The molecule has 1 aromatic carbocycles. The van der Waals surface area contributed by atoms with Gasteiger partial charge in [-0.25, -0.2) is 4.98 Å². The number of aromatic nitrogens is 1. The van der Waals surface area contributed by atoms with Gasteiger partial charge in [0.1, 0.15) is 0 Å². The van der Waals surface area contributed by atoms with Crippen molar-refractivity contribution in [2.45, 2.75) is 6.92 Å². The lowest BCUT2D eigenvalue weighted by Gasteiger charge is -1.93. The van der Waals surface area contributed by atoms with Crippen LogP contribution in [0.5, 0.6) is 0 Å². The molecular formula is C12H11N3. The lowest BCUT2D eigenvalue weighted by molar-refractivity contribution is 1.14. The van der Waals surface area contributed by atoms with E-state index < -0.39 is 0 Å². The van der Waals surface area contributed by atoms with Gasteiger partial charge in [0, 0.05) is 6.20 Å². The van der Waals surface area contributed by atoms with Crippen LogP contribution < -0.4 is 0 Å². The molecule has 1 aromatic heterocycles. The number of hydrogen-bond donors (Lipinski definition) is 0. The van der Waals surface area contributed by atoms with E-state index in [1.165, 1.54) is 0 Å². The Hall–Kier alpha value is -2.03. The summed E-state index contributed by atoms with van der Waals surface area (Å²) >= 11 is 0. The number of benzene rings is 1. The number of hydrogen-bond acceptors (Lipinski definition) is 3. The number of aryl methyl sites for hydroxylation is 1. The molecule has 74 valence electrons. The summed E-state index contributed by atoms with van der Waals surface area (Å²) in [5.41, 5.74) is 1.95. The summed E-state index contributed by atoms with van der Waals surface area (Å²) in [7, 11) is 0. The molecule has 0 aliphatic heterocycles. The topological polar surface area (TPSA) is 37.6 Å². The summed E-state index contributed by atoms with van der Waals surface area (Å²) in [6, 6.07) is 13.4. The SMILES string of the molecule is Cc1ccc(/N=N/c2ccccc2)nc1. The van der Waals surface area contributed by atoms with Gasteiger partial charge in [-0.15, -0.1) is 10.2 Å². The third-order valence-electron chi connectivity index (χ3n) is 1.92. The molecule has 3 heteroatoms. The molecule has 0 fully saturated rings. The molecule has 0 N–H and O–H groups in total. The maximum atomic E-state index is 4.13. The van der Waals surface area contributed by atoms with Crippen LogP contribution in [0, 0.1) is 6.92 Å². The molecule has 0 amide bonds. The largest absolute Gasteiger partial charge is 0.235 e. The molecule has 3 nitrogen and oxygen atoms in total. The predicted molar refractivity (Wildman–Crippen MR) is 59.6 cm³/mol. The molecule has 0 saturated heterocycles. The van der Waals surface area contributed by atoms with E-state index in [1.54, 1.807) is 6.20 Å². The van der Waals surface area contributed by atoms with Gasteiger partial charge in [0.15, 0.2) is 5.82 Å². The quantitative estimate of drug-likeness (QED) is 0.674. The highest BCUT2D eigenvalue weighted by molar-refractivity contribution is 5.36. The fourth-order valence-electron chi connectivity index (χ4n) is 1.12. The first-order valence-electron chi connectivity index (χ1n) is 4.74. The van der Waals surface area contributed by atoms with E-state index in [4.69, 9.17) is 0 Å². The zero-order valence-corrected chi connectivity index (χ0v) is 8.46. The molecule has 1 heterocycles. The fraction of sp³-hybridized carbons (Fsp3) is 0.0833. The van der Waals surface area contributed by atoms with Gasteiger partial charge in [-0.05, 0) is 30.7 Å². The molecule has 0 bridgehead atoms. The number of nitrogens with zero attached hydrogens (tertiary/aromatic N) is 3. The van der Waals surface area contributed by atoms with Crippen molar-refractivity contribution >= 4 is 11.5 Å². The predicted octanol–water partition coefficient (Wildman–Crippen LogP) is 3.81. The summed E-state index contributed by atoms with van der Waals surface area (Å²) in [5, 5.41) is 8.10. The minimum absolute atomic E-state index is 0.629. The molecule has 0 saturated carbocycles. The third-order valence-corrected chi connectivity index (χ3v) is 1.92. The zero-order valence-electron chi connectivity index (χ0n) is 8.46. The molecule has 0 aliphatic rings. The van der Waals surface area contributed by atoms with E-state index in [0.717, 1.165) is 11.3 Å². The van der Waals surface area contributed by atoms with Crippen molar-refractivity contribution in [3.63, 3.8) is 0 Å². The smallest absolute Gasteiger partial charge is 0.174 e. The van der Waals surface area contributed by atoms with Gasteiger partial charge >= 0.3 is 0 Å². The highest BCUT2D eigenvalue weighted by Crippen LogP contribution is 2.15. The monoisotopic (exact) mass is 197 g/mol. The lowest BCUT2D eigenvalue weighted by atomic mass is 10.3. The second-order valence-electron chi connectivity index (χ2n) is 3.23. The Bertz CT molecular complexity index is 446.